The molecular formula is C60H40N2. The molecule has 12 aromatic rings. The second-order valence-corrected chi connectivity index (χ2v) is 16.0. The number of hydrogen-bond acceptors (Lipinski definition) is 1. The monoisotopic (exact) mass is 788 g/mol. The Hall–Kier alpha value is -8.20. The smallest absolute Gasteiger partial charge is 0.0782 e. The standard InChI is InChI=1S/C60H40N2/c1-4-20-42(21-5-1)48-27-14-16-32-55(48)61(57-34-18-31-53-51-29-15-17-33-56(51)62(60(53)57)46-36-35-41-19-10-11-26-45(41)39-46)47-37-38-50-49-28-12-13-30-52(49)58(43-22-6-2-7-23-43)59(54(50)40-47)44-24-8-3-9-25-44/h1-40H. The lowest BCUT2D eigenvalue weighted by molar-refractivity contribution is 1.17. The van der Waals surface area contributed by atoms with E-state index in [0.717, 1.165) is 33.8 Å². The van der Waals surface area contributed by atoms with E-state index < -0.39 is 0 Å². The van der Waals surface area contributed by atoms with Gasteiger partial charge in [0.05, 0.1) is 22.4 Å². The molecule has 0 radical (unpaired) electrons. The zero-order chi connectivity index (χ0) is 41.0. The highest BCUT2D eigenvalue weighted by atomic mass is 15.2. The van der Waals surface area contributed by atoms with Crippen molar-refractivity contribution in [3.63, 3.8) is 0 Å². The van der Waals surface area contributed by atoms with Crippen LogP contribution in [0.1, 0.15) is 0 Å². The molecule has 11 aromatic carbocycles. The number of nitrogens with zero attached hydrogens (tertiary/aromatic N) is 2. The van der Waals surface area contributed by atoms with Gasteiger partial charge in [-0.05, 0) is 103 Å². The lowest BCUT2D eigenvalue weighted by Crippen LogP contribution is -2.13. The van der Waals surface area contributed by atoms with Crippen LogP contribution in [0.25, 0.3) is 93.2 Å². The molecule has 0 aliphatic rings. The molecule has 0 N–H and O–H groups in total. The second kappa shape index (κ2) is 14.8. The van der Waals surface area contributed by atoms with Gasteiger partial charge in [-0.3, -0.25) is 0 Å². The average Bonchev–Trinajstić information content (AvgIpc) is 3.69. The molecule has 0 fully saturated rings. The third-order valence-corrected chi connectivity index (χ3v) is 12.5. The summed E-state index contributed by atoms with van der Waals surface area (Å²) < 4.78 is 2.47. The fourth-order valence-corrected chi connectivity index (χ4v) is 9.83. The number of fused-ring (bicyclic) bond motifs is 7. The van der Waals surface area contributed by atoms with Gasteiger partial charge in [-0.25, -0.2) is 0 Å². The molecule has 2 heteroatoms. The topological polar surface area (TPSA) is 8.17 Å². The average molecular weight is 789 g/mol. The molecule has 1 heterocycles. The Bertz CT molecular complexity index is 3620. The molecule has 0 saturated heterocycles. The first kappa shape index (κ1) is 35.7. The van der Waals surface area contributed by atoms with Crippen molar-refractivity contribution in [1.82, 2.24) is 4.57 Å². The summed E-state index contributed by atoms with van der Waals surface area (Å²) in [5.41, 5.74) is 13.9. The molecule has 62 heavy (non-hydrogen) atoms. The number of para-hydroxylation sites is 3. The van der Waals surface area contributed by atoms with E-state index in [2.05, 4.69) is 252 Å². The Morgan fingerprint density at radius 1 is 0.306 bits per heavy atom. The number of anilines is 3. The van der Waals surface area contributed by atoms with E-state index >= 15 is 0 Å². The Morgan fingerprint density at radius 3 is 1.61 bits per heavy atom. The van der Waals surface area contributed by atoms with E-state index in [4.69, 9.17) is 0 Å². The Kier molecular flexibility index (Phi) is 8.53. The van der Waals surface area contributed by atoms with E-state index in [1.54, 1.807) is 0 Å². The summed E-state index contributed by atoms with van der Waals surface area (Å²) in [6.45, 7) is 0. The molecule has 0 spiro atoms. The molecule has 0 bridgehead atoms. The van der Waals surface area contributed by atoms with Crippen LogP contribution in [0.4, 0.5) is 17.1 Å². The van der Waals surface area contributed by atoms with Crippen LogP contribution in [-0.2, 0) is 0 Å². The SMILES string of the molecule is c1ccc(-c2ccccc2N(c2ccc3c(c2)c(-c2ccccc2)c(-c2ccccc2)c2ccccc23)c2cccc3c4ccccc4n(-c4ccc5ccccc5c4)c23)cc1. The molecule has 1 aromatic heterocycles. The molecule has 12 rings (SSSR count). The molecule has 0 atom stereocenters. The van der Waals surface area contributed by atoms with Crippen LogP contribution in [0.3, 0.4) is 0 Å². The highest BCUT2D eigenvalue weighted by Crippen LogP contribution is 2.50. The number of benzene rings is 11. The summed E-state index contributed by atoms with van der Waals surface area (Å²) >= 11 is 0. The van der Waals surface area contributed by atoms with E-state index in [9.17, 15) is 0 Å². The van der Waals surface area contributed by atoms with Crippen LogP contribution in [0, 0.1) is 0 Å². The summed E-state index contributed by atoms with van der Waals surface area (Å²) in [6, 6.07) is 88.7. The molecule has 0 saturated carbocycles. The highest BCUT2D eigenvalue weighted by Gasteiger charge is 2.25. The Balaban J connectivity index is 1.22. The quantitative estimate of drug-likeness (QED) is 0.146. The predicted octanol–water partition coefficient (Wildman–Crippen LogP) is 16.7. The fraction of sp³-hybridized carbons (Fsp3) is 0. The maximum absolute atomic E-state index is 2.51. The van der Waals surface area contributed by atoms with Crippen molar-refractivity contribution < 1.29 is 0 Å². The maximum atomic E-state index is 2.51. The van der Waals surface area contributed by atoms with Crippen LogP contribution >= 0.6 is 0 Å². The predicted molar refractivity (Wildman–Crippen MR) is 264 cm³/mol. The van der Waals surface area contributed by atoms with Crippen molar-refractivity contribution >= 4 is 71.2 Å². The third-order valence-electron chi connectivity index (χ3n) is 12.5. The second-order valence-electron chi connectivity index (χ2n) is 16.0. The molecule has 0 unspecified atom stereocenters. The normalized spacial score (nSPS) is 11.5. The van der Waals surface area contributed by atoms with Crippen LogP contribution in [-0.4, -0.2) is 4.57 Å². The molecule has 290 valence electrons. The largest absolute Gasteiger partial charge is 0.308 e. The van der Waals surface area contributed by atoms with Gasteiger partial charge >= 0.3 is 0 Å². The molecule has 0 aliphatic heterocycles. The Morgan fingerprint density at radius 2 is 0.855 bits per heavy atom. The number of hydrogen-bond donors (Lipinski definition) is 0. The zero-order valence-electron chi connectivity index (χ0n) is 34.0. The van der Waals surface area contributed by atoms with Crippen molar-refractivity contribution in [3.8, 4) is 39.1 Å². The minimum atomic E-state index is 1.08. The van der Waals surface area contributed by atoms with Gasteiger partial charge in [0.15, 0.2) is 0 Å². The van der Waals surface area contributed by atoms with Gasteiger partial charge in [0.2, 0.25) is 0 Å². The van der Waals surface area contributed by atoms with Crippen LogP contribution in [0.15, 0.2) is 243 Å². The van der Waals surface area contributed by atoms with Crippen LogP contribution in [0.2, 0.25) is 0 Å². The zero-order valence-corrected chi connectivity index (χ0v) is 34.0. The maximum Gasteiger partial charge on any atom is 0.0782 e. The van der Waals surface area contributed by atoms with Gasteiger partial charge in [0, 0.05) is 27.7 Å². The van der Waals surface area contributed by atoms with Crippen molar-refractivity contribution in [2.24, 2.45) is 0 Å². The minimum Gasteiger partial charge on any atom is -0.308 e. The van der Waals surface area contributed by atoms with Gasteiger partial charge in [-0.2, -0.15) is 0 Å². The van der Waals surface area contributed by atoms with Gasteiger partial charge in [-0.1, -0.05) is 200 Å². The first-order valence-electron chi connectivity index (χ1n) is 21.4. The van der Waals surface area contributed by atoms with Crippen LogP contribution in [0.5, 0.6) is 0 Å². The summed E-state index contributed by atoms with van der Waals surface area (Å²) in [5.74, 6) is 0. The third kappa shape index (κ3) is 5.80. The Labute approximate surface area is 360 Å². The van der Waals surface area contributed by atoms with Gasteiger partial charge in [-0.15, -0.1) is 0 Å². The van der Waals surface area contributed by atoms with E-state index in [1.165, 1.54) is 76.4 Å². The molecular weight excluding hydrogens is 749 g/mol. The van der Waals surface area contributed by atoms with Gasteiger partial charge in [0.1, 0.15) is 0 Å². The highest BCUT2D eigenvalue weighted by molar-refractivity contribution is 6.23. The van der Waals surface area contributed by atoms with E-state index in [0.29, 0.717) is 0 Å². The summed E-state index contributed by atoms with van der Waals surface area (Å²) in [7, 11) is 0. The summed E-state index contributed by atoms with van der Waals surface area (Å²) in [4.78, 5) is 2.51. The molecule has 0 aliphatic carbocycles. The first-order valence-corrected chi connectivity index (χ1v) is 21.4. The van der Waals surface area contributed by atoms with Crippen molar-refractivity contribution in [2.75, 3.05) is 4.90 Å². The minimum absolute atomic E-state index is 1.08. The summed E-state index contributed by atoms with van der Waals surface area (Å²) in [5, 5.41) is 9.77. The number of aromatic nitrogens is 1. The van der Waals surface area contributed by atoms with Crippen molar-refractivity contribution in [3.05, 3.63) is 243 Å². The molecule has 2 nitrogen and oxygen atoms in total. The fourth-order valence-electron chi connectivity index (χ4n) is 9.83. The summed E-state index contributed by atoms with van der Waals surface area (Å²) in [6.07, 6.45) is 0. The number of rotatable bonds is 7. The lowest BCUT2D eigenvalue weighted by Gasteiger charge is -2.30. The van der Waals surface area contributed by atoms with Gasteiger partial charge in [0.25, 0.3) is 0 Å². The van der Waals surface area contributed by atoms with Crippen LogP contribution < -0.4 is 4.90 Å². The lowest BCUT2D eigenvalue weighted by atomic mass is 9.85. The molecule has 0 amide bonds. The van der Waals surface area contributed by atoms with Crippen molar-refractivity contribution in [2.45, 2.75) is 0 Å². The van der Waals surface area contributed by atoms with Gasteiger partial charge < -0.3 is 9.47 Å². The first-order chi connectivity index (χ1) is 30.8. The van der Waals surface area contributed by atoms with E-state index in [-0.39, 0.29) is 0 Å². The van der Waals surface area contributed by atoms with Crippen molar-refractivity contribution in [1.29, 1.82) is 0 Å². The van der Waals surface area contributed by atoms with E-state index in [1.807, 2.05) is 0 Å².